The number of pyridine rings is 1. The van der Waals surface area contributed by atoms with Gasteiger partial charge in [0.1, 0.15) is 5.76 Å². The second-order valence-electron chi connectivity index (χ2n) is 7.58. The number of nitrogens with one attached hydrogen (secondary N) is 2. The Morgan fingerprint density at radius 3 is 2.74 bits per heavy atom. The average Bonchev–Trinajstić information content (AvgIpc) is 3.16. The molecule has 0 radical (unpaired) electrons. The first-order valence-electron chi connectivity index (χ1n) is 10.4. The molecule has 0 saturated carbocycles. The van der Waals surface area contributed by atoms with Crippen LogP contribution in [0.4, 0.5) is 11.4 Å². The van der Waals surface area contributed by atoms with Crippen molar-refractivity contribution in [2.24, 2.45) is 5.10 Å². The Bertz CT molecular complexity index is 1290. The second-order valence-corrected chi connectivity index (χ2v) is 7.58. The Balaban J connectivity index is 1.45. The molecule has 6 nitrogen and oxygen atoms in total. The maximum Gasteiger partial charge on any atom is 0.291 e. The van der Waals surface area contributed by atoms with Crippen LogP contribution in [0.5, 0.6) is 0 Å². The molecule has 4 aromatic rings. The number of nitrogens with zero attached hydrogens (tertiary/aromatic N) is 2. The molecule has 2 N–H and O–H groups in total. The molecule has 5 rings (SSSR count). The number of anilines is 2. The van der Waals surface area contributed by atoms with Crippen LogP contribution in [0, 0.1) is 6.92 Å². The fourth-order valence-electron chi connectivity index (χ4n) is 4.03. The van der Waals surface area contributed by atoms with Gasteiger partial charge in [0.25, 0.3) is 5.91 Å². The number of benzene rings is 2. The Kier molecular flexibility index (Phi) is 4.96. The molecule has 154 valence electrons. The minimum Gasteiger partial charge on any atom is -0.455 e. The number of carbonyl (C=O) groups excluding carboxylic acids is 1. The van der Waals surface area contributed by atoms with E-state index >= 15 is 0 Å². The van der Waals surface area contributed by atoms with E-state index in [0.717, 1.165) is 58.5 Å². The zero-order chi connectivity index (χ0) is 21.2. The summed E-state index contributed by atoms with van der Waals surface area (Å²) in [6, 6.07) is 19.4. The van der Waals surface area contributed by atoms with Gasteiger partial charge in [-0.15, -0.1) is 0 Å². The highest BCUT2D eigenvalue weighted by Crippen LogP contribution is 2.31. The summed E-state index contributed by atoms with van der Waals surface area (Å²) in [6.07, 6.45) is 4.28. The van der Waals surface area contributed by atoms with Gasteiger partial charge in [0.15, 0.2) is 5.76 Å². The highest BCUT2D eigenvalue weighted by atomic mass is 16.4. The van der Waals surface area contributed by atoms with E-state index in [9.17, 15) is 4.79 Å². The number of hydrogen-bond acceptors (Lipinski definition) is 5. The van der Waals surface area contributed by atoms with Crippen molar-refractivity contribution in [3.05, 3.63) is 89.5 Å². The number of para-hydroxylation sites is 2. The highest BCUT2D eigenvalue weighted by Gasteiger charge is 2.28. The van der Waals surface area contributed by atoms with Crippen molar-refractivity contribution in [1.29, 1.82) is 0 Å². The average molecular weight is 410 g/mol. The van der Waals surface area contributed by atoms with Crippen LogP contribution in [0.2, 0.25) is 0 Å². The number of amides is 1. The van der Waals surface area contributed by atoms with Crippen molar-refractivity contribution in [1.82, 2.24) is 4.98 Å². The number of fused-ring (bicyclic) bond motifs is 2. The molecule has 1 amide bonds. The second kappa shape index (κ2) is 8.07. The molecular formula is C25H22N4O2. The summed E-state index contributed by atoms with van der Waals surface area (Å²) in [6.45, 7) is 1.92. The number of furan rings is 1. The lowest BCUT2D eigenvalue weighted by atomic mass is 9.93. The number of rotatable bonds is 4. The van der Waals surface area contributed by atoms with Crippen molar-refractivity contribution in [2.75, 3.05) is 10.7 Å². The lowest BCUT2D eigenvalue weighted by Crippen LogP contribution is -2.14. The van der Waals surface area contributed by atoms with Crippen LogP contribution < -0.4 is 10.7 Å². The number of carbonyl (C=O) groups is 1. The van der Waals surface area contributed by atoms with Gasteiger partial charge in [-0.1, -0.05) is 36.4 Å². The Morgan fingerprint density at radius 1 is 1.03 bits per heavy atom. The fraction of sp³-hybridized carbons (Fsp3) is 0.160. The molecule has 0 unspecified atom stereocenters. The normalized spacial score (nSPS) is 14.4. The van der Waals surface area contributed by atoms with Crippen LogP contribution in [0.1, 0.15) is 40.3 Å². The van der Waals surface area contributed by atoms with Crippen LogP contribution in [0.25, 0.3) is 10.9 Å². The molecular weight excluding hydrogens is 388 g/mol. The molecule has 2 aromatic carbocycles. The fourth-order valence-corrected chi connectivity index (χ4v) is 4.03. The third kappa shape index (κ3) is 3.68. The topological polar surface area (TPSA) is 79.5 Å². The quantitative estimate of drug-likeness (QED) is 0.433. The van der Waals surface area contributed by atoms with Gasteiger partial charge < -0.3 is 9.73 Å². The molecule has 6 heteroatoms. The summed E-state index contributed by atoms with van der Waals surface area (Å²) in [4.78, 5) is 17.5. The molecule has 0 fully saturated rings. The van der Waals surface area contributed by atoms with Gasteiger partial charge in [-0.05, 0) is 44.0 Å². The summed E-state index contributed by atoms with van der Waals surface area (Å²) in [5.41, 5.74) is 8.12. The van der Waals surface area contributed by atoms with Gasteiger partial charge >= 0.3 is 0 Å². The summed E-state index contributed by atoms with van der Waals surface area (Å²) < 4.78 is 6.02. The Morgan fingerprint density at radius 2 is 1.87 bits per heavy atom. The van der Waals surface area contributed by atoms with E-state index < -0.39 is 0 Å². The molecule has 0 atom stereocenters. The minimum atomic E-state index is -0.277. The van der Waals surface area contributed by atoms with Gasteiger partial charge in [-0.25, -0.2) is 0 Å². The zero-order valence-corrected chi connectivity index (χ0v) is 17.2. The van der Waals surface area contributed by atoms with E-state index in [0.29, 0.717) is 11.4 Å². The maximum atomic E-state index is 13.1. The van der Waals surface area contributed by atoms with Crippen molar-refractivity contribution in [2.45, 2.75) is 26.2 Å². The number of hydrogen-bond donors (Lipinski definition) is 2. The molecule has 0 saturated heterocycles. The third-order valence-electron chi connectivity index (χ3n) is 5.51. The van der Waals surface area contributed by atoms with E-state index in [1.807, 2.05) is 67.6 Å². The molecule has 2 heterocycles. The van der Waals surface area contributed by atoms with Gasteiger partial charge in [0, 0.05) is 29.1 Å². The van der Waals surface area contributed by atoms with Gasteiger partial charge in [-0.2, -0.15) is 5.10 Å². The van der Waals surface area contributed by atoms with Gasteiger partial charge in [0.2, 0.25) is 0 Å². The van der Waals surface area contributed by atoms with Crippen LogP contribution in [0.3, 0.4) is 0 Å². The van der Waals surface area contributed by atoms with Crippen molar-refractivity contribution >= 4 is 33.9 Å². The standard InChI is InChI=1S/C25H22N4O2/c1-16-22-19(29-28-18-10-3-2-4-11-18)12-6-14-21(22)31-24(16)25(30)27-20-13-5-8-17-9-7-15-26-23(17)20/h2-5,7-11,13,15,28H,6,12,14H2,1H3,(H,27,30)/b29-19+. The van der Waals surface area contributed by atoms with Crippen LogP contribution in [0.15, 0.2) is 76.4 Å². The molecule has 1 aliphatic rings. The lowest BCUT2D eigenvalue weighted by molar-refractivity contribution is 0.0994. The van der Waals surface area contributed by atoms with E-state index in [-0.39, 0.29) is 5.91 Å². The van der Waals surface area contributed by atoms with E-state index in [4.69, 9.17) is 4.42 Å². The van der Waals surface area contributed by atoms with Crippen molar-refractivity contribution in [3.8, 4) is 0 Å². The Labute approximate surface area is 180 Å². The largest absolute Gasteiger partial charge is 0.455 e. The lowest BCUT2D eigenvalue weighted by Gasteiger charge is -2.13. The first-order chi connectivity index (χ1) is 15.2. The summed E-state index contributed by atoms with van der Waals surface area (Å²) in [7, 11) is 0. The smallest absolute Gasteiger partial charge is 0.291 e. The number of hydrazone groups is 1. The van der Waals surface area contributed by atoms with Gasteiger partial charge in [-0.3, -0.25) is 15.2 Å². The van der Waals surface area contributed by atoms with Crippen LogP contribution in [-0.2, 0) is 6.42 Å². The predicted molar refractivity (Wildman–Crippen MR) is 123 cm³/mol. The molecule has 31 heavy (non-hydrogen) atoms. The molecule has 1 aliphatic carbocycles. The minimum absolute atomic E-state index is 0.277. The van der Waals surface area contributed by atoms with Gasteiger partial charge in [0.05, 0.1) is 22.6 Å². The summed E-state index contributed by atoms with van der Waals surface area (Å²) in [5.74, 6) is 0.867. The SMILES string of the molecule is Cc1c(C(=O)Nc2cccc3cccnc23)oc2c1/C(=N/Nc1ccccc1)CCC2. The van der Waals surface area contributed by atoms with Crippen molar-refractivity contribution < 1.29 is 9.21 Å². The first-order valence-corrected chi connectivity index (χ1v) is 10.4. The molecule has 2 aromatic heterocycles. The summed E-state index contributed by atoms with van der Waals surface area (Å²) >= 11 is 0. The number of aromatic nitrogens is 1. The highest BCUT2D eigenvalue weighted by molar-refractivity contribution is 6.11. The summed E-state index contributed by atoms with van der Waals surface area (Å²) in [5, 5.41) is 8.56. The van der Waals surface area contributed by atoms with E-state index in [2.05, 4.69) is 20.8 Å². The first kappa shape index (κ1) is 19.1. The molecule has 0 bridgehead atoms. The third-order valence-corrected chi connectivity index (χ3v) is 5.51. The zero-order valence-electron chi connectivity index (χ0n) is 17.2. The van der Waals surface area contributed by atoms with E-state index in [1.54, 1.807) is 6.20 Å². The van der Waals surface area contributed by atoms with Crippen molar-refractivity contribution in [3.63, 3.8) is 0 Å². The number of aryl methyl sites for hydroxylation is 1. The molecule has 0 aliphatic heterocycles. The predicted octanol–water partition coefficient (Wildman–Crippen LogP) is 5.54. The molecule has 0 spiro atoms. The van der Waals surface area contributed by atoms with Crippen LogP contribution >= 0.6 is 0 Å². The van der Waals surface area contributed by atoms with E-state index in [1.165, 1.54) is 0 Å². The maximum absolute atomic E-state index is 13.1. The Hall–Kier alpha value is -3.93. The van der Waals surface area contributed by atoms with Crippen LogP contribution in [-0.4, -0.2) is 16.6 Å². The monoisotopic (exact) mass is 410 g/mol.